The Morgan fingerprint density at radius 3 is 2.67 bits per heavy atom. The molecular formula is C20H20ClN5O4. The Balaban J connectivity index is 2.16. The van der Waals surface area contributed by atoms with Gasteiger partial charge in [0.1, 0.15) is 11.0 Å². The lowest BCUT2D eigenvalue weighted by atomic mass is 10.1. The summed E-state index contributed by atoms with van der Waals surface area (Å²) in [6, 6.07) is 12.0. The van der Waals surface area contributed by atoms with Gasteiger partial charge in [-0.2, -0.15) is 0 Å². The number of nitrogens with one attached hydrogen (secondary N) is 1. The molecule has 0 saturated carbocycles. The second kappa shape index (κ2) is 9.38. The molecule has 10 heteroatoms. The van der Waals surface area contributed by atoms with E-state index < -0.39 is 17.2 Å². The fourth-order valence-electron chi connectivity index (χ4n) is 2.95. The number of anilines is 2. The summed E-state index contributed by atoms with van der Waals surface area (Å²) in [5, 5.41) is 0.132. The first-order valence-corrected chi connectivity index (χ1v) is 9.39. The largest absolute Gasteiger partial charge is 0.383 e. The lowest BCUT2D eigenvalue weighted by Crippen LogP contribution is -2.41. The Bertz CT molecular complexity index is 1160. The van der Waals surface area contributed by atoms with Crippen LogP contribution in [0.2, 0.25) is 5.15 Å². The van der Waals surface area contributed by atoms with Crippen molar-refractivity contribution in [1.29, 1.82) is 0 Å². The topological polar surface area (TPSA) is 123 Å². The number of nitrogen functional groups attached to an aromatic ring is 1. The van der Waals surface area contributed by atoms with Crippen molar-refractivity contribution in [2.45, 2.75) is 13.1 Å². The van der Waals surface area contributed by atoms with Crippen LogP contribution in [0.4, 0.5) is 11.5 Å². The van der Waals surface area contributed by atoms with Gasteiger partial charge < -0.3 is 10.5 Å². The van der Waals surface area contributed by atoms with Gasteiger partial charge in [-0.3, -0.25) is 24.0 Å². The third kappa shape index (κ3) is 4.58. The van der Waals surface area contributed by atoms with E-state index in [1.54, 1.807) is 0 Å². The van der Waals surface area contributed by atoms with Gasteiger partial charge in [-0.15, -0.1) is 0 Å². The van der Waals surface area contributed by atoms with Crippen LogP contribution in [0.25, 0.3) is 0 Å². The lowest BCUT2D eigenvalue weighted by molar-refractivity contribution is 0.0984. The lowest BCUT2D eigenvalue weighted by Gasteiger charge is -2.25. The Kier molecular flexibility index (Phi) is 6.65. The molecule has 1 amide bonds. The van der Waals surface area contributed by atoms with Gasteiger partial charge in [-0.1, -0.05) is 41.9 Å². The molecule has 0 fully saturated rings. The third-order valence-electron chi connectivity index (χ3n) is 4.41. The van der Waals surface area contributed by atoms with Crippen molar-refractivity contribution in [3.8, 4) is 0 Å². The number of nitrogens with two attached hydrogens (primary N) is 1. The summed E-state index contributed by atoms with van der Waals surface area (Å²) in [5.41, 5.74) is 5.58. The molecule has 0 aliphatic rings. The number of nitrogens with zero attached hydrogens (tertiary/aromatic N) is 3. The van der Waals surface area contributed by atoms with E-state index in [-0.39, 0.29) is 41.9 Å². The van der Waals surface area contributed by atoms with Crippen LogP contribution in [-0.2, 0) is 17.8 Å². The average Bonchev–Trinajstić information content (AvgIpc) is 2.73. The summed E-state index contributed by atoms with van der Waals surface area (Å²) in [4.78, 5) is 45.6. The summed E-state index contributed by atoms with van der Waals surface area (Å²) in [6.45, 7) is 0.358. The minimum atomic E-state index is -0.768. The van der Waals surface area contributed by atoms with Gasteiger partial charge in [0.2, 0.25) is 0 Å². The van der Waals surface area contributed by atoms with Crippen LogP contribution in [0.3, 0.4) is 0 Å². The fourth-order valence-corrected chi connectivity index (χ4v) is 3.13. The molecule has 2 heterocycles. The van der Waals surface area contributed by atoms with E-state index in [0.29, 0.717) is 0 Å². The van der Waals surface area contributed by atoms with Crippen LogP contribution < -0.4 is 21.9 Å². The maximum absolute atomic E-state index is 13.3. The number of aromatic amines is 1. The van der Waals surface area contributed by atoms with Crippen molar-refractivity contribution >= 4 is 29.0 Å². The van der Waals surface area contributed by atoms with Crippen LogP contribution in [0, 0.1) is 0 Å². The van der Waals surface area contributed by atoms with Crippen LogP contribution in [0.15, 0.2) is 58.3 Å². The van der Waals surface area contributed by atoms with Crippen LogP contribution in [0.1, 0.15) is 15.9 Å². The molecule has 9 nitrogen and oxygen atoms in total. The van der Waals surface area contributed by atoms with Gasteiger partial charge in [0, 0.05) is 18.9 Å². The van der Waals surface area contributed by atoms with Gasteiger partial charge in [0.15, 0.2) is 5.69 Å². The number of amides is 1. The number of carbonyl (C=O) groups excluding carboxylic acids is 1. The van der Waals surface area contributed by atoms with Gasteiger partial charge in [-0.05, 0) is 17.7 Å². The molecule has 0 radical (unpaired) electrons. The molecule has 0 aliphatic carbocycles. The minimum absolute atomic E-state index is 0.0510. The van der Waals surface area contributed by atoms with E-state index in [1.165, 1.54) is 30.3 Å². The molecule has 0 saturated heterocycles. The average molecular weight is 430 g/mol. The highest BCUT2D eigenvalue weighted by atomic mass is 35.5. The predicted octanol–water partition coefficient (Wildman–Crippen LogP) is 1.66. The van der Waals surface area contributed by atoms with Crippen molar-refractivity contribution in [2.24, 2.45) is 0 Å². The van der Waals surface area contributed by atoms with Gasteiger partial charge in [-0.25, -0.2) is 9.78 Å². The van der Waals surface area contributed by atoms with E-state index in [1.807, 2.05) is 30.3 Å². The van der Waals surface area contributed by atoms with Crippen LogP contribution in [0.5, 0.6) is 0 Å². The number of carbonyl (C=O) groups is 1. The van der Waals surface area contributed by atoms with E-state index in [9.17, 15) is 14.4 Å². The number of rotatable bonds is 7. The summed E-state index contributed by atoms with van der Waals surface area (Å²) in [5.74, 6) is -0.650. The second-order valence-electron chi connectivity index (χ2n) is 6.38. The first-order chi connectivity index (χ1) is 14.4. The fraction of sp³-hybridized carbons (Fsp3) is 0.200. The van der Waals surface area contributed by atoms with E-state index in [2.05, 4.69) is 9.97 Å². The number of ether oxygens (including phenoxy) is 1. The number of aromatic nitrogens is 3. The zero-order valence-corrected chi connectivity index (χ0v) is 16.9. The number of pyridine rings is 1. The Morgan fingerprint density at radius 2 is 2.00 bits per heavy atom. The molecule has 30 heavy (non-hydrogen) atoms. The number of halogens is 1. The molecule has 3 rings (SSSR count). The maximum Gasteiger partial charge on any atom is 0.330 e. The number of hydrogen-bond donors (Lipinski definition) is 2. The highest BCUT2D eigenvalue weighted by molar-refractivity contribution is 6.29. The molecule has 0 unspecified atom stereocenters. The van der Waals surface area contributed by atoms with E-state index >= 15 is 0 Å². The predicted molar refractivity (Wildman–Crippen MR) is 114 cm³/mol. The Hall–Kier alpha value is -3.43. The SMILES string of the molecule is COCCn1c(N)c(N(Cc2ccccc2)C(=O)c2ccnc(Cl)c2)c(=O)[nH]c1=O. The molecule has 156 valence electrons. The molecule has 3 N–H and O–H groups in total. The molecule has 3 aromatic rings. The first kappa shape index (κ1) is 21.3. The number of benzene rings is 1. The maximum atomic E-state index is 13.3. The highest BCUT2D eigenvalue weighted by Crippen LogP contribution is 2.22. The van der Waals surface area contributed by atoms with Crippen LogP contribution >= 0.6 is 11.6 Å². The number of hydrogen-bond acceptors (Lipinski definition) is 6. The Morgan fingerprint density at radius 1 is 1.27 bits per heavy atom. The van der Waals surface area contributed by atoms with Crippen molar-refractivity contribution in [3.05, 3.63) is 85.8 Å². The zero-order valence-electron chi connectivity index (χ0n) is 16.2. The van der Waals surface area contributed by atoms with Gasteiger partial charge >= 0.3 is 5.69 Å². The van der Waals surface area contributed by atoms with Gasteiger partial charge in [0.25, 0.3) is 11.5 Å². The zero-order chi connectivity index (χ0) is 21.7. The highest BCUT2D eigenvalue weighted by Gasteiger charge is 2.26. The molecule has 2 aromatic heterocycles. The Labute approximate surface area is 176 Å². The van der Waals surface area contributed by atoms with E-state index in [4.69, 9.17) is 22.1 Å². The summed E-state index contributed by atoms with van der Waals surface area (Å²) in [7, 11) is 1.48. The molecular weight excluding hydrogens is 410 g/mol. The quantitative estimate of drug-likeness (QED) is 0.550. The third-order valence-corrected chi connectivity index (χ3v) is 4.61. The van der Waals surface area contributed by atoms with Crippen LogP contribution in [-0.4, -0.2) is 34.2 Å². The monoisotopic (exact) mass is 429 g/mol. The first-order valence-electron chi connectivity index (χ1n) is 9.01. The van der Waals surface area contributed by atoms with Crippen molar-refractivity contribution < 1.29 is 9.53 Å². The van der Waals surface area contributed by atoms with Crippen molar-refractivity contribution in [1.82, 2.24) is 14.5 Å². The second-order valence-corrected chi connectivity index (χ2v) is 6.77. The molecule has 0 spiro atoms. The molecule has 0 bridgehead atoms. The minimum Gasteiger partial charge on any atom is -0.383 e. The summed E-state index contributed by atoms with van der Waals surface area (Å²) >= 11 is 5.93. The summed E-state index contributed by atoms with van der Waals surface area (Å²) in [6.07, 6.45) is 1.39. The summed E-state index contributed by atoms with van der Waals surface area (Å²) < 4.78 is 6.16. The normalized spacial score (nSPS) is 10.7. The van der Waals surface area contributed by atoms with Crippen molar-refractivity contribution in [3.63, 3.8) is 0 Å². The molecule has 0 atom stereocenters. The standard InChI is InChI=1S/C20H20ClN5O4/c1-30-10-9-25-17(22)16(18(27)24-20(25)29)26(12-13-5-3-2-4-6-13)19(28)14-7-8-23-15(21)11-14/h2-8,11H,9-10,12,22H2,1H3,(H,24,27,29). The molecule has 0 aliphatic heterocycles. The smallest absolute Gasteiger partial charge is 0.330 e. The number of methoxy groups -OCH3 is 1. The van der Waals surface area contributed by atoms with Gasteiger partial charge in [0.05, 0.1) is 19.7 Å². The van der Waals surface area contributed by atoms with Crippen molar-refractivity contribution in [2.75, 3.05) is 24.4 Å². The van der Waals surface area contributed by atoms with E-state index in [0.717, 1.165) is 10.1 Å². The number of H-pyrrole nitrogens is 1. The molecule has 1 aromatic carbocycles.